The molecule has 0 aliphatic rings. The number of guanidine groups is 2. The van der Waals surface area contributed by atoms with E-state index >= 15 is 0 Å². The van der Waals surface area contributed by atoms with Crippen molar-refractivity contribution in [1.82, 2.24) is 0 Å². The minimum atomic E-state index is -0.426. The summed E-state index contributed by atoms with van der Waals surface area (Å²) in [6.07, 6.45) is 4.10. The van der Waals surface area contributed by atoms with E-state index < -0.39 is 5.96 Å². The van der Waals surface area contributed by atoms with Crippen molar-refractivity contribution in [3.63, 3.8) is 0 Å². The summed E-state index contributed by atoms with van der Waals surface area (Å²) in [5.74, 6) is -0.585. The van der Waals surface area contributed by atoms with Crippen molar-refractivity contribution in [1.29, 1.82) is 5.41 Å². The summed E-state index contributed by atoms with van der Waals surface area (Å²) in [7, 11) is 0. The Morgan fingerprint density at radius 1 is 1.36 bits per heavy atom. The fraction of sp³-hybridized carbons (Fsp3) is 0.750. The monoisotopic (exact) mass is 201 g/mol. The number of nitrogens with zero attached hydrogens (tertiary/aromatic N) is 1. The lowest BCUT2D eigenvalue weighted by molar-refractivity contribution is -0.749. The van der Waals surface area contributed by atoms with E-state index in [1.807, 2.05) is 0 Å². The smallest absolute Gasteiger partial charge is 0.301 e. The highest BCUT2D eigenvalue weighted by atomic mass is 16.5. The molecular weight excluding hydrogens is 182 g/mol. The third kappa shape index (κ3) is 6.38. The summed E-state index contributed by atoms with van der Waals surface area (Å²) in [4.78, 5) is 3.38. The van der Waals surface area contributed by atoms with Gasteiger partial charge in [0.2, 0.25) is 5.96 Å². The molecule has 1 unspecified atom stereocenters. The molecule has 0 fully saturated rings. The zero-order valence-corrected chi connectivity index (χ0v) is 8.55. The van der Waals surface area contributed by atoms with Crippen LogP contribution in [0.4, 0.5) is 0 Å². The fourth-order valence-electron chi connectivity index (χ4n) is 1.03. The maximum absolute atomic E-state index is 11.2. The predicted octanol–water partition coefficient (Wildman–Crippen LogP) is -0.842. The van der Waals surface area contributed by atoms with E-state index in [0.717, 1.165) is 25.7 Å². The van der Waals surface area contributed by atoms with Crippen LogP contribution >= 0.6 is 0 Å². The van der Waals surface area contributed by atoms with Crippen LogP contribution in [0.25, 0.3) is 0 Å². The molecule has 0 aromatic heterocycles. The van der Waals surface area contributed by atoms with Gasteiger partial charge in [-0.25, -0.2) is 0 Å². The molecule has 0 spiro atoms. The summed E-state index contributed by atoms with van der Waals surface area (Å²) < 4.78 is 0. The Balaban J connectivity index is 3.72. The Labute approximate surface area is 84.1 Å². The van der Waals surface area contributed by atoms with Crippen LogP contribution in [-0.2, 0) is 0 Å². The molecule has 0 radical (unpaired) electrons. The Morgan fingerprint density at radius 2 is 2.00 bits per heavy atom. The van der Waals surface area contributed by atoms with Gasteiger partial charge in [-0.2, -0.15) is 0 Å². The number of hydroxylamine groups is 2. The van der Waals surface area contributed by atoms with Gasteiger partial charge in [-0.05, 0) is 12.8 Å². The molecule has 0 rings (SSSR count). The average molecular weight is 201 g/mol. The molecule has 0 aliphatic carbocycles. The minimum Gasteiger partial charge on any atom is -0.627 e. The first kappa shape index (κ1) is 12.9. The molecule has 0 aliphatic heterocycles. The topological polar surface area (TPSA) is 116 Å². The Bertz CT molecular complexity index is 204. The van der Waals surface area contributed by atoms with Gasteiger partial charge in [0.15, 0.2) is 0 Å². The first-order valence-corrected chi connectivity index (χ1v) is 4.79. The number of quaternary nitrogens is 1. The summed E-state index contributed by atoms with van der Waals surface area (Å²) in [6, 6.07) is 0. The zero-order valence-electron chi connectivity index (χ0n) is 8.55. The van der Waals surface area contributed by atoms with Crippen molar-refractivity contribution >= 4 is 11.9 Å². The van der Waals surface area contributed by atoms with Crippen molar-refractivity contribution in [3.8, 4) is 0 Å². The van der Waals surface area contributed by atoms with Crippen molar-refractivity contribution in [2.45, 2.75) is 32.6 Å². The second-order valence-corrected chi connectivity index (χ2v) is 3.12. The van der Waals surface area contributed by atoms with Crippen LogP contribution in [0.5, 0.6) is 0 Å². The average Bonchev–Trinajstić information content (AvgIpc) is 2.11. The van der Waals surface area contributed by atoms with E-state index in [-0.39, 0.29) is 11.0 Å². The highest BCUT2D eigenvalue weighted by Gasteiger charge is 2.03. The summed E-state index contributed by atoms with van der Waals surface area (Å²) in [5.41, 5.74) is 10.3. The molecule has 14 heavy (non-hydrogen) atoms. The van der Waals surface area contributed by atoms with Gasteiger partial charge in [-0.3, -0.25) is 5.41 Å². The van der Waals surface area contributed by atoms with Gasteiger partial charge < -0.3 is 21.7 Å². The maximum atomic E-state index is 11.2. The summed E-state index contributed by atoms with van der Waals surface area (Å²) in [6.45, 7) is 2.50. The molecule has 0 aromatic rings. The number of nitrogens with one attached hydrogen (secondary N) is 2. The van der Waals surface area contributed by atoms with Gasteiger partial charge in [0.1, 0.15) is 0 Å². The molecule has 6 nitrogen and oxygen atoms in total. The van der Waals surface area contributed by atoms with Gasteiger partial charge in [0, 0.05) is 0 Å². The number of unbranched alkanes of at least 4 members (excludes halogenated alkanes) is 3. The van der Waals surface area contributed by atoms with Gasteiger partial charge in [0.05, 0.1) is 6.54 Å². The van der Waals surface area contributed by atoms with Crippen molar-refractivity contribution in [3.05, 3.63) is 5.21 Å². The molecule has 0 amide bonds. The first-order valence-electron chi connectivity index (χ1n) is 4.79. The maximum Gasteiger partial charge on any atom is 0.301 e. The standard InChI is InChI=1S/C8H19N5O/c1-2-3-4-5-6-13(14)8(11)12-7(9)10/h13H,2-6H2,1H3,(H5,9,10,11,12). The molecule has 6 heteroatoms. The summed E-state index contributed by atoms with van der Waals surface area (Å²) >= 11 is 0. The molecule has 0 heterocycles. The van der Waals surface area contributed by atoms with Gasteiger partial charge in [0.25, 0.3) is 0 Å². The number of hydrogen-bond acceptors (Lipinski definition) is 2. The normalized spacial score (nSPS) is 14.0. The molecule has 0 bridgehead atoms. The van der Waals surface area contributed by atoms with Crippen LogP contribution in [0.1, 0.15) is 32.6 Å². The molecular formula is C8H19N5O. The molecule has 0 saturated heterocycles. The quantitative estimate of drug-likeness (QED) is 0.201. The van der Waals surface area contributed by atoms with Gasteiger partial charge in [-0.15, -0.1) is 4.99 Å². The van der Waals surface area contributed by atoms with Crippen LogP contribution in [0.2, 0.25) is 0 Å². The second kappa shape index (κ2) is 7.28. The first-order chi connectivity index (χ1) is 6.57. The fourth-order valence-corrected chi connectivity index (χ4v) is 1.03. The van der Waals surface area contributed by atoms with Crippen LogP contribution in [0, 0.1) is 10.6 Å². The second-order valence-electron chi connectivity index (χ2n) is 3.12. The van der Waals surface area contributed by atoms with Crippen molar-refractivity contribution in [2.24, 2.45) is 16.5 Å². The Kier molecular flexibility index (Phi) is 6.69. The molecule has 0 saturated carbocycles. The highest BCUT2D eigenvalue weighted by molar-refractivity contribution is 5.87. The van der Waals surface area contributed by atoms with Gasteiger partial charge in [-0.1, -0.05) is 19.8 Å². The molecule has 0 aromatic carbocycles. The Morgan fingerprint density at radius 3 is 2.50 bits per heavy atom. The van der Waals surface area contributed by atoms with Crippen LogP contribution in [0.3, 0.4) is 0 Å². The van der Waals surface area contributed by atoms with E-state index in [1.165, 1.54) is 0 Å². The molecule has 6 N–H and O–H groups in total. The van der Waals surface area contributed by atoms with E-state index in [9.17, 15) is 5.21 Å². The van der Waals surface area contributed by atoms with Gasteiger partial charge >= 0.3 is 5.96 Å². The lowest BCUT2D eigenvalue weighted by Crippen LogP contribution is -3.11. The summed E-state index contributed by atoms with van der Waals surface area (Å²) in [5, 5.41) is 17.8. The largest absolute Gasteiger partial charge is 0.627 e. The molecule has 1 atom stereocenters. The third-order valence-electron chi connectivity index (χ3n) is 1.78. The van der Waals surface area contributed by atoms with Crippen molar-refractivity contribution in [2.75, 3.05) is 6.54 Å². The van der Waals surface area contributed by atoms with E-state index in [4.69, 9.17) is 16.9 Å². The number of nitrogens with two attached hydrogens (primary N) is 2. The van der Waals surface area contributed by atoms with Crippen LogP contribution < -0.4 is 16.5 Å². The third-order valence-corrected chi connectivity index (χ3v) is 1.78. The number of aliphatic imine (C=N–C) groups is 1. The predicted molar refractivity (Wildman–Crippen MR) is 56.9 cm³/mol. The number of hydrogen-bond donors (Lipinski definition) is 4. The van der Waals surface area contributed by atoms with Crippen LogP contribution in [-0.4, -0.2) is 18.5 Å². The number of rotatable bonds is 5. The van der Waals surface area contributed by atoms with Crippen molar-refractivity contribution < 1.29 is 5.06 Å². The van der Waals surface area contributed by atoms with Crippen LogP contribution in [0.15, 0.2) is 4.99 Å². The zero-order chi connectivity index (χ0) is 11.0. The minimum absolute atomic E-state index is 0.158. The van der Waals surface area contributed by atoms with E-state index in [2.05, 4.69) is 11.9 Å². The highest BCUT2D eigenvalue weighted by Crippen LogP contribution is 1.95. The van der Waals surface area contributed by atoms with E-state index in [1.54, 1.807) is 0 Å². The molecule has 82 valence electrons. The lowest BCUT2D eigenvalue weighted by atomic mass is 10.2. The SMILES string of the molecule is CCCCCC[NH+]([O-])C(N)=NC(=N)N. The van der Waals surface area contributed by atoms with E-state index in [0.29, 0.717) is 6.54 Å². The Hall–Kier alpha value is -1.14. The lowest BCUT2D eigenvalue weighted by Gasteiger charge is -2.19.